The Bertz CT molecular complexity index is 1690. The zero-order valence-electron chi connectivity index (χ0n) is 19.3. The Labute approximate surface area is 217 Å². The molecule has 5 rings (SSSR count). The Kier molecular flexibility index (Phi) is 6.40. The maximum atomic E-state index is 14.5. The van der Waals surface area contributed by atoms with Crippen LogP contribution in [0.15, 0.2) is 85.4 Å². The van der Waals surface area contributed by atoms with Crippen LogP contribution in [0.4, 0.5) is 32.0 Å². The third kappa shape index (κ3) is 4.61. The summed E-state index contributed by atoms with van der Waals surface area (Å²) in [5.41, 5.74) is 0.0466. The first-order chi connectivity index (χ1) is 18.0. The molecule has 0 radical (unpaired) electrons. The number of anilines is 1. The summed E-state index contributed by atoms with van der Waals surface area (Å²) in [6.07, 6.45) is -4.69. The lowest BCUT2D eigenvalue weighted by Crippen LogP contribution is -2.11. The second kappa shape index (κ2) is 9.57. The maximum Gasteiger partial charge on any atom is 0.417 e. The number of hydrogen-bond donors (Lipinski definition) is 1. The molecule has 5 aromatic rings. The van der Waals surface area contributed by atoms with Crippen LogP contribution in [0.2, 0.25) is 5.28 Å². The quantitative estimate of drug-likeness (QED) is 0.224. The molecule has 0 spiro atoms. The topological polar surface area (TPSA) is 29.3 Å². The van der Waals surface area contributed by atoms with Crippen molar-refractivity contribution in [1.82, 2.24) is 9.38 Å². The summed E-state index contributed by atoms with van der Waals surface area (Å²) in [5.74, 6) is -2.66. The van der Waals surface area contributed by atoms with Gasteiger partial charge in [0.2, 0.25) is 5.28 Å². The smallest absolute Gasteiger partial charge is 0.356 e. The molecule has 0 saturated heterocycles. The van der Waals surface area contributed by atoms with Crippen LogP contribution in [0.1, 0.15) is 11.1 Å². The molecule has 0 fully saturated rings. The zero-order valence-corrected chi connectivity index (χ0v) is 20.0. The summed E-state index contributed by atoms with van der Waals surface area (Å²) in [7, 11) is 0. The highest BCUT2D eigenvalue weighted by Crippen LogP contribution is 2.39. The van der Waals surface area contributed by atoms with Gasteiger partial charge in [0.25, 0.3) is 0 Å². The van der Waals surface area contributed by atoms with Crippen molar-refractivity contribution in [2.75, 3.05) is 5.32 Å². The summed E-state index contributed by atoms with van der Waals surface area (Å²) in [6, 6.07) is 17.0. The molecular weight excluding hydrogens is 528 g/mol. The van der Waals surface area contributed by atoms with E-state index >= 15 is 0 Å². The number of pyridine rings is 1. The van der Waals surface area contributed by atoms with Gasteiger partial charge in [0.1, 0.15) is 11.5 Å². The fraction of sp³-hybridized carbons (Fsp3) is 0.0357. The first-order valence-corrected chi connectivity index (χ1v) is 11.5. The fourth-order valence-corrected chi connectivity index (χ4v) is 4.44. The minimum atomic E-state index is -4.69. The van der Waals surface area contributed by atoms with E-state index in [0.717, 1.165) is 24.3 Å². The average Bonchev–Trinajstić information content (AvgIpc) is 3.22. The van der Waals surface area contributed by atoms with Crippen molar-refractivity contribution in [1.29, 1.82) is 0 Å². The van der Waals surface area contributed by atoms with Gasteiger partial charge in [-0.2, -0.15) is 13.2 Å². The Morgan fingerprint density at radius 3 is 2.32 bits per heavy atom. The molecule has 2 aromatic heterocycles. The number of alkyl halides is 3. The van der Waals surface area contributed by atoms with Gasteiger partial charge in [-0.25, -0.2) is 18.2 Å². The minimum Gasteiger partial charge on any atom is -0.356 e. The van der Waals surface area contributed by atoms with Crippen LogP contribution in [0.3, 0.4) is 0 Å². The van der Waals surface area contributed by atoms with Gasteiger partial charge in [-0.15, -0.1) is 0 Å². The molecule has 0 unspecified atom stereocenters. The van der Waals surface area contributed by atoms with Gasteiger partial charge in [0, 0.05) is 22.5 Å². The predicted octanol–water partition coefficient (Wildman–Crippen LogP) is 8.84. The summed E-state index contributed by atoms with van der Waals surface area (Å²) < 4.78 is 84.8. The van der Waals surface area contributed by atoms with Crippen molar-refractivity contribution >= 4 is 28.5 Å². The summed E-state index contributed by atoms with van der Waals surface area (Å²) in [4.78, 5) is 4.21. The molecule has 0 atom stereocenters. The van der Waals surface area contributed by atoms with Gasteiger partial charge in [-0.1, -0.05) is 24.8 Å². The van der Waals surface area contributed by atoms with Crippen molar-refractivity contribution in [3.8, 4) is 22.5 Å². The number of nitrogens with zero attached hydrogens (tertiary/aromatic N) is 2. The Balaban J connectivity index is 1.65. The van der Waals surface area contributed by atoms with Crippen LogP contribution in [0, 0.1) is 17.5 Å². The number of imidazole rings is 1. The molecule has 0 amide bonds. The third-order valence-corrected chi connectivity index (χ3v) is 6.17. The molecule has 0 bridgehead atoms. The molecule has 192 valence electrons. The molecule has 0 saturated carbocycles. The molecule has 38 heavy (non-hydrogen) atoms. The highest BCUT2D eigenvalue weighted by atomic mass is 35.5. The fourth-order valence-electron chi connectivity index (χ4n) is 4.18. The average molecular weight is 544 g/mol. The normalized spacial score (nSPS) is 11.7. The van der Waals surface area contributed by atoms with Gasteiger partial charge in [0.05, 0.1) is 16.8 Å². The summed E-state index contributed by atoms with van der Waals surface area (Å²) in [6.45, 7) is 3.77. The maximum absolute atomic E-state index is 14.5. The van der Waals surface area contributed by atoms with Crippen LogP contribution in [0.25, 0.3) is 33.7 Å². The molecule has 0 aliphatic heterocycles. The molecule has 0 aliphatic rings. The van der Waals surface area contributed by atoms with Crippen LogP contribution in [-0.4, -0.2) is 9.38 Å². The van der Waals surface area contributed by atoms with Crippen molar-refractivity contribution in [3.63, 3.8) is 0 Å². The Hall–Kier alpha value is -4.24. The Morgan fingerprint density at radius 1 is 0.895 bits per heavy atom. The van der Waals surface area contributed by atoms with Crippen LogP contribution >= 0.6 is 11.6 Å². The Morgan fingerprint density at radius 2 is 1.61 bits per heavy atom. The van der Waals surface area contributed by atoms with E-state index in [1.165, 1.54) is 40.8 Å². The van der Waals surface area contributed by atoms with Gasteiger partial charge in [-0.3, -0.25) is 4.40 Å². The van der Waals surface area contributed by atoms with Gasteiger partial charge >= 0.3 is 6.18 Å². The van der Waals surface area contributed by atoms with Gasteiger partial charge < -0.3 is 5.32 Å². The second-order valence-corrected chi connectivity index (χ2v) is 8.67. The van der Waals surface area contributed by atoms with E-state index in [4.69, 9.17) is 11.6 Å². The number of rotatable bonds is 5. The molecule has 0 aliphatic carbocycles. The van der Waals surface area contributed by atoms with E-state index in [1.807, 2.05) is 0 Å². The van der Waals surface area contributed by atoms with Crippen molar-refractivity contribution < 1.29 is 26.3 Å². The second-order valence-electron chi connectivity index (χ2n) is 8.33. The number of benzene rings is 3. The lowest BCUT2D eigenvalue weighted by Gasteiger charge is -2.18. The van der Waals surface area contributed by atoms with E-state index in [2.05, 4.69) is 16.9 Å². The standard InChI is InChI=1S/C28H16ClF6N3/c1-15(36-18-11-9-17(30)10-12-18)20-14-16(8-13-21(20)28(33,34)35)23-6-3-7-24-26(37-27(29)38(23)24)19-4-2-5-22(31)25(19)32/h2-14,36H,1H2. The molecule has 3 aromatic carbocycles. The lowest BCUT2D eigenvalue weighted by molar-refractivity contribution is -0.137. The molecule has 1 N–H and O–H groups in total. The summed E-state index contributed by atoms with van der Waals surface area (Å²) in [5, 5.41) is 2.68. The van der Waals surface area contributed by atoms with E-state index in [9.17, 15) is 26.3 Å². The first kappa shape index (κ1) is 25.4. The number of halogens is 7. The highest BCUT2D eigenvalue weighted by Gasteiger charge is 2.34. The third-order valence-electron chi connectivity index (χ3n) is 5.91. The van der Waals surface area contributed by atoms with E-state index < -0.39 is 29.2 Å². The van der Waals surface area contributed by atoms with Crippen LogP contribution in [0.5, 0.6) is 0 Å². The predicted molar refractivity (Wildman–Crippen MR) is 135 cm³/mol. The van der Waals surface area contributed by atoms with E-state index in [-0.39, 0.29) is 27.8 Å². The first-order valence-electron chi connectivity index (χ1n) is 11.1. The minimum absolute atomic E-state index is 0.0720. The van der Waals surface area contributed by atoms with E-state index in [1.54, 1.807) is 18.2 Å². The van der Waals surface area contributed by atoms with Crippen molar-refractivity contribution in [2.24, 2.45) is 0 Å². The largest absolute Gasteiger partial charge is 0.417 e. The lowest BCUT2D eigenvalue weighted by atomic mass is 9.99. The zero-order chi connectivity index (χ0) is 27.2. The number of nitrogens with one attached hydrogen (secondary N) is 1. The number of hydrogen-bond acceptors (Lipinski definition) is 2. The monoisotopic (exact) mass is 543 g/mol. The van der Waals surface area contributed by atoms with Crippen LogP contribution < -0.4 is 5.32 Å². The van der Waals surface area contributed by atoms with Crippen LogP contribution in [-0.2, 0) is 6.18 Å². The molecule has 10 heteroatoms. The number of fused-ring (bicyclic) bond motifs is 1. The van der Waals surface area contributed by atoms with Gasteiger partial charge in [-0.05, 0) is 77.8 Å². The van der Waals surface area contributed by atoms with E-state index in [0.29, 0.717) is 22.5 Å². The summed E-state index contributed by atoms with van der Waals surface area (Å²) >= 11 is 6.40. The van der Waals surface area contributed by atoms with Gasteiger partial charge in [0.15, 0.2) is 11.6 Å². The highest BCUT2D eigenvalue weighted by molar-refractivity contribution is 6.29. The SMILES string of the molecule is C=C(Nc1ccc(F)cc1)c1cc(-c2cccc3c(-c4cccc(F)c4F)nc(Cl)n23)ccc1C(F)(F)F. The molecule has 3 nitrogen and oxygen atoms in total. The molecule has 2 heterocycles. The van der Waals surface area contributed by atoms with Crippen molar-refractivity contribution in [3.05, 3.63) is 119 Å². The number of aromatic nitrogens is 2. The molecular formula is C28H16ClF6N3. The van der Waals surface area contributed by atoms with Crippen molar-refractivity contribution in [2.45, 2.75) is 6.18 Å².